The van der Waals surface area contributed by atoms with Gasteiger partial charge < -0.3 is 5.32 Å². The van der Waals surface area contributed by atoms with Crippen molar-refractivity contribution < 1.29 is 4.79 Å². The van der Waals surface area contributed by atoms with Gasteiger partial charge in [-0.1, -0.05) is 58.3 Å². The monoisotopic (exact) mass is 225 g/mol. The minimum atomic E-state index is 0.414. The lowest BCUT2D eigenvalue weighted by atomic mass is 9.90. The van der Waals surface area contributed by atoms with Crippen LogP contribution in [0.1, 0.15) is 71.1 Å². The van der Waals surface area contributed by atoms with Gasteiger partial charge in [0.15, 0.2) is 0 Å². The number of hydrogen-bond acceptors (Lipinski definition) is 1. The molecule has 1 aliphatic carbocycles. The molecule has 0 aromatic heterocycles. The van der Waals surface area contributed by atoms with E-state index in [2.05, 4.69) is 12.2 Å². The second kappa shape index (κ2) is 8.60. The summed E-state index contributed by atoms with van der Waals surface area (Å²) in [6.45, 7) is 2.28. The Bertz CT molecular complexity index is 182. The largest absolute Gasteiger partial charge is 0.356 e. The summed E-state index contributed by atoms with van der Waals surface area (Å²) < 4.78 is 0. The van der Waals surface area contributed by atoms with Gasteiger partial charge in [-0.2, -0.15) is 0 Å². The smallest absolute Gasteiger partial charge is 0.207 e. The lowest BCUT2D eigenvalue weighted by Gasteiger charge is -2.24. The Hall–Kier alpha value is -0.530. The van der Waals surface area contributed by atoms with Crippen LogP contribution < -0.4 is 5.32 Å². The molecule has 1 saturated carbocycles. The fraction of sp³-hybridized carbons (Fsp3) is 0.929. The van der Waals surface area contributed by atoms with Crippen molar-refractivity contribution in [3.8, 4) is 0 Å². The van der Waals surface area contributed by atoms with E-state index in [0.29, 0.717) is 12.0 Å². The van der Waals surface area contributed by atoms with E-state index in [1.807, 2.05) is 0 Å². The Morgan fingerprint density at radius 1 is 0.875 bits per heavy atom. The summed E-state index contributed by atoms with van der Waals surface area (Å²) in [6.07, 6.45) is 14.2. The second-order valence-corrected chi connectivity index (χ2v) is 5.27. The molecule has 0 saturated heterocycles. The van der Waals surface area contributed by atoms with Gasteiger partial charge in [0.2, 0.25) is 6.41 Å². The fourth-order valence-corrected chi connectivity index (χ4v) is 2.71. The van der Waals surface area contributed by atoms with E-state index >= 15 is 0 Å². The molecule has 16 heavy (non-hydrogen) atoms. The normalized spacial score (nSPS) is 29.8. The molecule has 1 aliphatic rings. The highest BCUT2D eigenvalue weighted by Gasteiger charge is 2.15. The number of rotatable bonds is 2. The molecule has 0 spiro atoms. The molecular formula is C14H27NO. The fourth-order valence-electron chi connectivity index (χ4n) is 2.71. The summed E-state index contributed by atoms with van der Waals surface area (Å²) in [5.41, 5.74) is 0. The van der Waals surface area contributed by atoms with Gasteiger partial charge >= 0.3 is 0 Å². The molecule has 2 nitrogen and oxygen atoms in total. The standard InChI is InChI=1S/C14H27NO/c1-13-10-8-6-4-2-3-5-7-9-11-14(13)15-12-16/h12-14H,2-11H2,1H3,(H,15,16)/t13?,14-/m1/s1. The maximum absolute atomic E-state index is 10.6. The van der Waals surface area contributed by atoms with Crippen molar-refractivity contribution in [3.05, 3.63) is 0 Å². The summed E-state index contributed by atoms with van der Waals surface area (Å²) in [5, 5.41) is 3.01. The number of nitrogens with one attached hydrogen (secondary N) is 1. The van der Waals surface area contributed by atoms with Gasteiger partial charge in [0, 0.05) is 6.04 Å². The molecule has 1 N–H and O–H groups in total. The van der Waals surface area contributed by atoms with Crippen LogP contribution in [0.15, 0.2) is 0 Å². The lowest BCUT2D eigenvalue weighted by Crippen LogP contribution is -2.34. The Labute approximate surface area is 100 Å². The Morgan fingerprint density at radius 3 is 1.94 bits per heavy atom. The van der Waals surface area contributed by atoms with E-state index in [1.165, 1.54) is 64.2 Å². The van der Waals surface area contributed by atoms with Gasteiger partial charge in [-0.15, -0.1) is 0 Å². The van der Waals surface area contributed by atoms with E-state index < -0.39 is 0 Å². The predicted molar refractivity (Wildman–Crippen MR) is 68.3 cm³/mol. The van der Waals surface area contributed by atoms with Gasteiger partial charge in [0.1, 0.15) is 0 Å². The van der Waals surface area contributed by atoms with E-state index in [9.17, 15) is 4.79 Å². The highest BCUT2D eigenvalue weighted by Crippen LogP contribution is 2.20. The van der Waals surface area contributed by atoms with Crippen LogP contribution in [0, 0.1) is 5.92 Å². The third-order valence-electron chi connectivity index (χ3n) is 3.89. The molecule has 1 fully saturated rings. The van der Waals surface area contributed by atoms with Crippen LogP contribution in [-0.2, 0) is 4.79 Å². The molecule has 1 unspecified atom stereocenters. The minimum absolute atomic E-state index is 0.414. The van der Waals surface area contributed by atoms with Gasteiger partial charge in [0.05, 0.1) is 0 Å². The molecule has 0 aromatic carbocycles. The maximum Gasteiger partial charge on any atom is 0.207 e. The van der Waals surface area contributed by atoms with Crippen molar-refractivity contribution in [1.29, 1.82) is 0 Å². The summed E-state index contributed by atoms with van der Waals surface area (Å²) >= 11 is 0. The molecular weight excluding hydrogens is 198 g/mol. The molecule has 0 heterocycles. The van der Waals surface area contributed by atoms with E-state index in [4.69, 9.17) is 0 Å². The third kappa shape index (κ3) is 5.53. The van der Waals surface area contributed by atoms with Crippen LogP contribution in [0.4, 0.5) is 0 Å². The van der Waals surface area contributed by atoms with E-state index in [0.717, 1.165) is 6.41 Å². The SMILES string of the molecule is CC1CCCCCCCCCC[C@H]1NC=O. The van der Waals surface area contributed by atoms with Crippen LogP contribution in [0.2, 0.25) is 0 Å². The van der Waals surface area contributed by atoms with Gasteiger partial charge in [0.25, 0.3) is 0 Å². The molecule has 1 amide bonds. The molecule has 0 aliphatic heterocycles. The van der Waals surface area contributed by atoms with Gasteiger partial charge in [-0.25, -0.2) is 0 Å². The summed E-state index contributed by atoms with van der Waals surface area (Å²) in [7, 11) is 0. The lowest BCUT2D eigenvalue weighted by molar-refractivity contribution is -0.110. The average molecular weight is 225 g/mol. The van der Waals surface area contributed by atoms with Crippen molar-refractivity contribution in [2.75, 3.05) is 0 Å². The Kier molecular flexibility index (Phi) is 7.28. The zero-order valence-electron chi connectivity index (χ0n) is 10.7. The van der Waals surface area contributed by atoms with Crippen molar-refractivity contribution in [2.24, 2.45) is 5.92 Å². The summed E-state index contributed by atoms with van der Waals surface area (Å²) in [6, 6.07) is 0.414. The minimum Gasteiger partial charge on any atom is -0.356 e. The first-order chi connectivity index (χ1) is 7.84. The van der Waals surface area contributed by atoms with Crippen LogP contribution in [-0.4, -0.2) is 12.5 Å². The van der Waals surface area contributed by atoms with Gasteiger partial charge in [-0.05, 0) is 18.8 Å². The predicted octanol–water partition coefficient (Wildman–Crippen LogP) is 3.65. The van der Waals surface area contributed by atoms with Crippen LogP contribution in [0.25, 0.3) is 0 Å². The van der Waals surface area contributed by atoms with Crippen LogP contribution in [0.3, 0.4) is 0 Å². The van der Waals surface area contributed by atoms with E-state index in [-0.39, 0.29) is 0 Å². The highest BCUT2D eigenvalue weighted by atomic mass is 16.1. The molecule has 2 heteroatoms. The number of carbonyl (C=O) groups is 1. The zero-order chi connectivity index (χ0) is 11.6. The van der Waals surface area contributed by atoms with Crippen molar-refractivity contribution in [2.45, 2.75) is 77.2 Å². The highest BCUT2D eigenvalue weighted by molar-refractivity contribution is 5.46. The third-order valence-corrected chi connectivity index (χ3v) is 3.89. The topological polar surface area (TPSA) is 29.1 Å². The molecule has 1 rings (SSSR count). The second-order valence-electron chi connectivity index (χ2n) is 5.27. The number of hydrogen-bond donors (Lipinski definition) is 1. The van der Waals surface area contributed by atoms with Crippen molar-refractivity contribution in [3.63, 3.8) is 0 Å². The zero-order valence-corrected chi connectivity index (χ0v) is 10.7. The molecule has 0 radical (unpaired) electrons. The van der Waals surface area contributed by atoms with E-state index in [1.54, 1.807) is 0 Å². The molecule has 0 bridgehead atoms. The molecule has 2 atom stereocenters. The number of carbonyl (C=O) groups excluding carboxylic acids is 1. The number of amides is 1. The molecule has 94 valence electrons. The van der Waals surface area contributed by atoms with Crippen LogP contribution in [0.5, 0.6) is 0 Å². The quantitative estimate of drug-likeness (QED) is 0.714. The first kappa shape index (κ1) is 13.5. The molecule has 0 aromatic rings. The maximum atomic E-state index is 10.6. The first-order valence-corrected chi connectivity index (χ1v) is 7.04. The van der Waals surface area contributed by atoms with Crippen molar-refractivity contribution in [1.82, 2.24) is 5.32 Å². The Morgan fingerprint density at radius 2 is 1.38 bits per heavy atom. The van der Waals surface area contributed by atoms with Gasteiger partial charge in [-0.3, -0.25) is 4.79 Å². The Balaban J connectivity index is 2.36. The van der Waals surface area contributed by atoms with Crippen LogP contribution >= 0.6 is 0 Å². The van der Waals surface area contributed by atoms with Crippen molar-refractivity contribution >= 4 is 6.41 Å². The summed E-state index contributed by atoms with van der Waals surface area (Å²) in [4.78, 5) is 10.6. The first-order valence-electron chi connectivity index (χ1n) is 7.04. The summed E-state index contributed by atoms with van der Waals surface area (Å²) in [5.74, 6) is 0.643. The average Bonchev–Trinajstić information content (AvgIpc) is 2.28.